The molecule has 276 valence electrons. The molecule has 4 atom stereocenters. The van der Waals surface area contributed by atoms with Gasteiger partial charge in [-0.2, -0.15) is 0 Å². The molecule has 0 bridgehead atoms. The summed E-state index contributed by atoms with van der Waals surface area (Å²) in [5.74, 6) is -1.14. The Morgan fingerprint density at radius 2 is 1.46 bits per heavy atom. The summed E-state index contributed by atoms with van der Waals surface area (Å²) in [7, 11) is 0. The zero-order valence-corrected chi connectivity index (χ0v) is 30.6. The number of carboxylic acids is 1. The first-order chi connectivity index (χ1) is 23.1. The van der Waals surface area contributed by atoms with Gasteiger partial charge in [0, 0.05) is 23.8 Å². The van der Waals surface area contributed by atoms with E-state index in [1.54, 1.807) is 12.2 Å². The van der Waals surface area contributed by atoms with Crippen molar-refractivity contribution in [2.24, 2.45) is 11.7 Å². The molecular formula is C38H65NO8S. The molecule has 0 amide bonds. The highest BCUT2D eigenvalue weighted by atomic mass is 32.2. The monoisotopic (exact) mass is 695 g/mol. The smallest absolute Gasteiger partial charge is 0.323 e. The van der Waals surface area contributed by atoms with Crippen LogP contribution in [0.15, 0.2) is 48.6 Å². The topological polar surface area (TPSA) is 156 Å². The van der Waals surface area contributed by atoms with Gasteiger partial charge in [-0.15, -0.1) is 11.8 Å². The molecule has 0 rings (SSSR count). The normalized spacial score (nSPS) is 14.7. The second-order valence-electron chi connectivity index (χ2n) is 12.7. The fraction of sp³-hybridized carbons (Fsp3) is 0.711. The second-order valence-corrected chi connectivity index (χ2v) is 13.9. The van der Waals surface area contributed by atoms with Crippen LogP contribution in [0.3, 0.4) is 0 Å². The molecule has 0 aliphatic carbocycles. The molecule has 0 heterocycles. The van der Waals surface area contributed by atoms with Gasteiger partial charge in [-0.05, 0) is 44.4 Å². The molecule has 0 fully saturated rings. The van der Waals surface area contributed by atoms with E-state index in [1.165, 1.54) is 56.7 Å². The Morgan fingerprint density at radius 1 is 0.771 bits per heavy atom. The minimum Gasteiger partial charge on any atom is -0.481 e. The third-order valence-electron chi connectivity index (χ3n) is 7.49. The van der Waals surface area contributed by atoms with Gasteiger partial charge in [0.15, 0.2) is 0 Å². The summed E-state index contributed by atoms with van der Waals surface area (Å²) in [5.41, 5.74) is 6.03. The molecule has 0 radical (unpaired) electrons. The number of carbonyl (C=O) groups excluding carboxylic acids is 2. The number of allylic oxidation sites excluding steroid dienone is 7. The summed E-state index contributed by atoms with van der Waals surface area (Å²) in [6, 6.07) is -1.01. The van der Waals surface area contributed by atoms with E-state index in [0.29, 0.717) is 12.8 Å². The van der Waals surface area contributed by atoms with Gasteiger partial charge in [-0.3, -0.25) is 14.4 Å². The van der Waals surface area contributed by atoms with Gasteiger partial charge in [0.25, 0.3) is 0 Å². The second kappa shape index (κ2) is 31.8. The predicted molar refractivity (Wildman–Crippen MR) is 197 cm³/mol. The maximum atomic E-state index is 12.4. The highest BCUT2D eigenvalue weighted by Gasteiger charge is 2.22. The highest BCUT2D eigenvalue weighted by molar-refractivity contribution is 8.00. The molecule has 10 heteroatoms. The number of aliphatic carboxylic acids is 1. The number of rotatable bonds is 31. The lowest BCUT2D eigenvalue weighted by molar-refractivity contribution is -0.153. The van der Waals surface area contributed by atoms with Crippen LogP contribution in [-0.2, 0) is 23.9 Å². The summed E-state index contributed by atoms with van der Waals surface area (Å²) >= 11 is 1.27. The Bertz CT molecular complexity index is 949. The Hall–Kier alpha value is -2.40. The molecule has 9 nitrogen and oxygen atoms in total. The van der Waals surface area contributed by atoms with Crippen molar-refractivity contribution in [3.8, 4) is 0 Å². The number of nitrogens with two attached hydrogens (primary N) is 1. The van der Waals surface area contributed by atoms with Gasteiger partial charge in [-0.25, -0.2) is 0 Å². The first kappa shape index (κ1) is 45.6. The number of aliphatic hydroxyl groups is 2. The van der Waals surface area contributed by atoms with Gasteiger partial charge in [0.1, 0.15) is 25.4 Å². The van der Waals surface area contributed by atoms with Crippen LogP contribution >= 0.6 is 11.8 Å². The van der Waals surface area contributed by atoms with Crippen LogP contribution in [0.5, 0.6) is 0 Å². The Morgan fingerprint density at radius 3 is 2.17 bits per heavy atom. The van der Waals surface area contributed by atoms with Crippen molar-refractivity contribution in [1.29, 1.82) is 0 Å². The van der Waals surface area contributed by atoms with Crippen LogP contribution in [-0.4, -0.2) is 75.7 Å². The van der Waals surface area contributed by atoms with Crippen LogP contribution in [0.1, 0.15) is 124 Å². The first-order valence-corrected chi connectivity index (χ1v) is 19.0. The fourth-order valence-corrected chi connectivity index (χ4v) is 5.72. The van der Waals surface area contributed by atoms with E-state index in [2.05, 4.69) is 39.0 Å². The van der Waals surface area contributed by atoms with Crippen molar-refractivity contribution in [2.75, 3.05) is 19.0 Å². The summed E-state index contributed by atoms with van der Waals surface area (Å²) in [5, 5.41) is 29.3. The predicted octanol–water partition coefficient (Wildman–Crippen LogP) is 7.45. The van der Waals surface area contributed by atoms with Crippen molar-refractivity contribution in [2.45, 2.75) is 147 Å². The van der Waals surface area contributed by atoms with Gasteiger partial charge in [0.05, 0.1) is 6.10 Å². The summed E-state index contributed by atoms with van der Waals surface area (Å²) < 4.78 is 10.2. The van der Waals surface area contributed by atoms with Crippen molar-refractivity contribution in [3.05, 3.63) is 48.6 Å². The highest BCUT2D eigenvalue weighted by Crippen LogP contribution is 2.21. The maximum absolute atomic E-state index is 12.4. The van der Waals surface area contributed by atoms with E-state index in [1.807, 2.05) is 18.2 Å². The minimum atomic E-state index is -1.16. The zero-order valence-electron chi connectivity index (χ0n) is 29.8. The van der Waals surface area contributed by atoms with Crippen molar-refractivity contribution >= 4 is 29.7 Å². The zero-order chi connectivity index (χ0) is 35.8. The molecular weight excluding hydrogens is 630 g/mol. The van der Waals surface area contributed by atoms with Crippen LogP contribution in [0.4, 0.5) is 0 Å². The Kier molecular flexibility index (Phi) is 30.3. The average molecular weight is 696 g/mol. The number of carbonyl (C=O) groups is 3. The molecule has 0 aromatic heterocycles. The largest absolute Gasteiger partial charge is 0.481 e. The maximum Gasteiger partial charge on any atom is 0.323 e. The summed E-state index contributed by atoms with van der Waals surface area (Å²) in [4.78, 5) is 35.3. The number of aliphatic hydroxyl groups excluding tert-OH is 2. The summed E-state index contributed by atoms with van der Waals surface area (Å²) in [6.45, 7) is 6.04. The molecule has 0 spiro atoms. The first-order valence-electron chi connectivity index (χ1n) is 18.0. The number of carboxylic acid groups (broad SMARTS) is 1. The van der Waals surface area contributed by atoms with Crippen LogP contribution < -0.4 is 5.73 Å². The quantitative estimate of drug-likeness (QED) is 0.0249. The number of thioether (sulfide) groups is 1. The van der Waals surface area contributed by atoms with Gasteiger partial charge in [-0.1, -0.05) is 121 Å². The van der Waals surface area contributed by atoms with Gasteiger partial charge >= 0.3 is 17.9 Å². The minimum absolute atomic E-state index is 0.0436. The number of unbranched alkanes of at least 4 members (excludes halogenated alkanes) is 8. The molecule has 5 N–H and O–H groups in total. The van der Waals surface area contributed by atoms with Gasteiger partial charge in [0.2, 0.25) is 0 Å². The van der Waals surface area contributed by atoms with E-state index in [-0.39, 0.29) is 37.8 Å². The number of ether oxygens (including phenoxy) is 2. The molecule has 0 aromatic rings. The standard InChI is InChI=1S/C38H65NO8S/c1-4-5-6-7-8-9-10-11-12-13-17-20-25-35(34(41)24-22-26-36(42)43)48-30-33(39)38(45)47-29-32(40)28-46-37(44)27-21-18-15-14-16-19-23-31(2)3/h8-9,11-13,17,20,25,31-35,40-41H,4-7,10,14-16,18-19,21-24,26-30,39H2,1-3H3,(H,42,43)/b9-8-,12-11-,17-13+,25-20+/t32-,33+,34+,35-/m1/s1. The third kappa shape index (κ3) is 29.7. The van der Waals surface area contributed by atoms with Crippen LogP contribution in [0.2, 0.25) is 0 Å². The molecule has 0 aliphatic rings. The number of hydrogen-bond donors (Lipinski definition) is 4. The fourth-order valence-electron chi connectivity index (χ4n) is 4.59. The molecule has 0 saturated carbocycles. The molecule has 0 aromatic carbocycles. The van der Waals surface area contributed by atoms with Crippen molar-refractivity contribution in [3.63, 3.8) is 0 Å². The van der Waals surface area contributed by atoms with Gasteiger partial charge < -0.3 is 30.5 Å². The average Bonchev–Trinajstić information content (AvgIpc) is 3.05. The molecule has 0 aliphatic heterocycles. The van der Waals surface area contributed by atoms with Crippen molar-refractivity contribution in [1.82, 2.24) is 0 Å². The van der Waals surface area contributed by atoms with E-state index >= 15 is 0 Å². The molecule has 48 heavy (non-hydrogen) atoms. The van der Waals surface area contributed by atoms with Crippen LogP contribution in [0.25, 0.3) is 0 Å². The number of esters is 2. The Labute approximate surface area is 294 Å². The Balaban J connectivity index is 4.53. The lowest BCUT2D eigenvalue weighted by Gasteiger charge is -2.21. The lowest BCUT2D eigenvalue weighted by atomic mass is 10.0. The molecule has 0 unspecified atom stereocenters. The summed E-state index contributed by atoms with van der Waals surface area (Å²) in [6.07, 6.45) is 27.9. The van der Waals surface area contributed by atoms with E-state index < -0.39 is 35.4 Å². The molecule has 0 saturated heterocycles. The number of hydrogen-bond acceptors (Lipinski definition) is 9. The van der Waals surface area contributed by atoms with E-state index in [4.69, 9.17) is 20.3 Å². The van der Waals surface area contributed by atoms with E-state index in [9.17, 15) is 24.6 Å². The third-order valence-corrected chi connectivity index (χ3v) is 8.90. The van der Waals surface area contributed by atoms with E-state index in [0.717, 1.165) is 38.0 Å². The SMILES string of the molecule is CCCCC/C=C\C\C=C/C=C/C=C/[C@@H](SC[C@H](N)C(=O)OC[C@H](O)COC(=O)CCCCCCCCC(C)C)[C@@H](O)CCCC(=O)O. The van der Waals surface area contributed by atoms with Crippen LogP contribution in [0, 0.1) is 5.92 Å². The van der Waals surface area contributed by atoms with Crippen molar-refractivity contribution < 1.29 is 39.2 Å². The lowest BCUT2D eigenvalue weighted by Crippen LogP contribution is -2.38.